The summed E-state index contributed by atoms with van der Waals surface area (Å²) < 4.78 is 0. The van der Waals surface area contributed by atoms with Gasteiger partial charge in [0, 0.05) is 17.6 Å². The highest BCUT2D eigenvalue weighted by Gasteiger charge is 2.35. The van der Waals surface area contributed by atoms with Gasteiger partial charge in [0.15, 0.2) is 0 Å². The summed E-state index contributed by atoms with van der Waals surface area (Å²) in [5.74, 6) is 0.807. The molecule has 3 heteroatoms. The normalized spacial score (nSPS) is 27.8. The lowest BCUT2D eigenvalue weighted by atomic mass is 9.69. The lowest BCUT2D eigenvalue weighted by Gasteiger charge is -2.43. The van der Waals surface area contributed by atoms with Gasteiger partial charge in [-0.3, -0.25) is 4.90 Å². The monoisotopic (exact) mass is 308 g/mol. The van der Waals surface area contributed by atoms with Gasteiger partial charge in [0.05, 0.1) is 0 Å². The Bertz CT molecular complexity index is 445. The molecule has 0 spiro atoms. The van der Waals surface area contributed by atoms with Crippen LogP contribution in [0.15, 0.2) is 24.3 Å². The molecule has 0 heterocycles. The van der Waals surface area contributed by atoms with Gasteiger partial charge in [0.25, 0.3) is 0 Å². The fourth-order valence-electron chi connectivity index (χ4n) is 3.82. The molecule has 3 unspecified atom stereocenters. The molecule has 118 valence electrons. The van der Waals surface area contributed by atoms with E-state index in [1.54, 1.807) is 0 Å². The third-order valence-corrected chi connectivity index (χ3v) is 5.47. The van der Waals surface area contributed by atoms with Crippen LogP contribution in [0.25, 0.3) is 0 Å². The first-order chi connectivity index (χ1) is 9.96. The standard InChI is InChI=1S/C18H29ClN2/c1-14-5-4-10-18(11-14,12-20)13-21(3)15(2)16-6-8-17(19)9-7-16/h6-9,14-15H,4-5,10-13,20H2,1-3H3. The topological polar surface area (TPSA) is 29.3 Å². The second kappa shape index (κ2) is 7.13. The average Bonchev–Trinajstić information content (AvgIpc) is 2.47. The first-order valence-corrected chi connectivity index (χ1v) is 8.49. The van der Waals surface area contributed by atoms with Crippen LogP contribution in [0.5, 0.6) is 0 Å². The number of benzene rings is 1. The van der Waals surface area contributed by atoms with Crippen molar-refractivity contribution in [3.63, 3.8) is 0 Å². The summed E-state index contributed by atoms with van der Waals surface area (Å²) in [5.41, 5.74) is 7.78. The van der Waals surface area contributed by atoms with Crippen LogP contribution in [-0.2, 0) is 0 Å². The fraction of sp³-hybridized carbons (Fsp3) is 0.667. The van der Waals surface area contributed by atoms with Gasteiger partial charge in [-0.1, -0.05) is 43.5 Å². The first kappa shape index (κ1) is 16.8. The average molecular weight is 309 g/mol. The number of halogens is 1. The van der Waals surface area contributed by atoms with Gasteiger partial charge in [-0.05, 0) is 62.4 Å². The van der Waals surface area contributed by atoms with E-state index in [9.17, 15) is 0 Å². The number of hydrogen-bond acceptors (Lipinski definition) is 2. The quantitative estimate of drug-likeness (QED) is 0.868. The van der Waals surface area contributed by atoms with Gasteiger partial charge in [-0.2, -0.15) is 0 Å². The molecule has 1 fully saturated rings. The van der Waals surface area contributed by atoms with E-state index >= 15 is 0 Å². The third-order valence-electron chi connectivity index (χ3n) is 5.22. The van der Waals surface area contributed by atoms with E-state index < -0.39 is 0 Å². The molecule has 0 amide bonds. The van der Waals surface area contributed by atoms with Crippen molar-refractivity contribution < 1.29 is 0 Å². The molecule has 1 aliphatic rings. The molecule has 2 N–H and O–H groups in total. The summed E-state index contributed by atoms with van der Waals surface area (Å²) in [4.78, 5) is 2.45. The van der Waals surface area contributed by atoms with Crippen molar-refractivity contribution in [2.75, 3.05) is 20.1 Å². The zero-order valence-electron chi connectivity index (χ0n) is 13.6. The molecular weight excluding hydrogens is 280 g/mol. The van der Waals surface area contributed by atoms with Crippen molar-refractivity contribution in [1.82, 2.24) is 4.90 Å². The minimum Gasteiger partial charge on any atom is -0.330 e. The molecule has 1 aromatic rings. The molecule has 1 aromatic carbocycles. The number of nitrogens with two attached hydrogens (primary N) is 1. The van der Waals surface area contributed by atoms with Crippen molar-refractivity contribution in [3.8, 4) is 0 Å². The molecule has 0 radical (unpaired) electrons. The molecule has 0 saturated heterocycles. The van der Waals surface area contributed by atoms with E-state index in [0.717, 1.165) is 24.0 Å². The van der Waals surface area contributed by atoms with Crippen LogP contribution in [0, 0.1) is 11.3 Å². The van der Waals surface area contributed by atoms with Crippen LogP contribution in [0.4, 0.5) is 0 Å². The molecule has 2 nitrogen and oxygen atoms in total. The van der Waals surface area contributed by atoms with Crippen LogP contribution < -0.4 is 5.73 Å². The maximum Gasteiger partial charge on any atom is 0.0406 e. The van der Waals surface area contributed by atoms with Crippen molar-refractivity contribution in [2.45, 2.75) is 45.6 Å². The predicted octanol–water partition coefficient (Wildman–Crippen LogP) is 4.49. The van der Waals surface area contributed by atoms with E-state index in [4.69, 9.17) is 17.3 Å². The second-order valence-electron chi connectivity index (χ2n) is 7.05. The number of hydrogen-bond donors (Lipinski definition) is 1. The SMILES string of the molecule is CC1CCCC(CN)(CN(C)C(C)c2ccc(Cl)cc2)C1. The van der Waals surface area contributed by atoms with Crippen LogP contribution >= 0.6 is 11.6 Å². The molecule has 2 rings (SSSR count). The Hall–Kier alpha value is -0.570. The van der Waals surface area contributed by atoms with Gasteiger partial charge in [0.1, 0.15) is 0 Å². The lowest BCUT2D eigenvalue weighted by Crippen LogP contribution is -2.44. The van der Waals surface area contributed by atoms with Gasteiger partial charge >= 0.3 is 0 Å². The Labute approximate surface area is 134 Å². The molecule has 1 saturated carbocycles. The van der Waals surface area contributed by atoms with Crippen LogP contribution in [-0.4, -0.2) is 25.0 Å². The smallest absolute Gasteiger partial charge is 0.0406 e. The minimum atomic E-state index is 0.299. The van der Waals surface area contributed by atoms with Gasteiger partial charge in [-0.15, -0.1) is 0 Å². The molecular formula is C18H29ClN2. The molecule has 21 heavy (non-hydrogen) atoms. The Morgan fingerprint density at radius 2 is 2.05 bits per heavy atom. The van der Waals surface area contributed by atoms with E-state index in [0.29, 0.717) is 11.5 Å². The van der Waals surface area contributed by atoms with E-state index in [-0.39, 0.29) is 0 Å². The van der Waals surface area contributed by atoms with E-state index in [2.05, 4.69) is 37.9 Å². The van der Waals surface area contributed by atoms with Crippen LogP contribution in [0.3, 0.4) is 0 Å². The first-order valence-electron chi connectivity index (χ1n) is 8.11. The number of rotatable bonds is 5. The minimum absolute atomic E-state index is 0.299. The highest BCUT2D eigenvalue weighted by atomic mass is 35.5. The summed E-state index contributed by atoms with van der Waals surface area (Å²) in [6.45, 7) is 6.51. The zero-order valence-corrected chi connectivity index (χ0v) is 14.4. The van der Waals surface area contributed by atoms with Crippen LogP contribution in [0.1, 0.15) is 51.1 Å². The molecule has 3 atom stereocenters. The summed E-state index contributed by atoms with van der Waals surface area (Å²) in [5, 5.41) is 0.799. The highest BCUT2D eigenvalue weighted by Crippen LogP contribution is 2.40. The van der Waals surface area contributed by atoms with Crippen LogP contribution in [0.2, 0.25) is 5.02 Å². The maximum atomic E-state index is 6.16. The van der Waals surface area contributed by atoms with E-state index in [1.165, 1.54) is 31.2 Å². The van der Waals surface area contributed by atoms with Gasteiger partial charge in [0.2, 0.25) is 0 Å². The van der Waals surface area contributed by atoms with Crippen molar-refractivity contribution in [3.05, 3.63) is 34.9 Å². The molecule has 0 bridgehead atoms. The Morgan fingerprint density at radius 3 is 2.62 bits per heavy atom. The second-order valence-corrected chi connectivity index (χ2v) is 7.48. The fourth-order valence-corrected chi connectivity index (χ4v) is 3.95. The van der Waals surface area contributed by atoms with Crippen molar-refractivity contribution in [2.24, 2.45) is 17.1 Å². The lowest BCUT2D eigenvalue weighted by molar-refractivity contribution is 0.0839. The maximum absolute atomic E-state index is 6.16. The Morgan fingerprint density at radius 1 is 1.38 bits per heavy atom. The molecule has 0 aromatic heterocycles. The third kappa shape index (κ3) is 4.21. The summed E-state index contributed by atoms with van der Waals surface area (Å²) >= 11 is 5.98. The summed E-state index contributed by atoms with van der Waals surface area (Å²) in [6, 6.07) is 8.60. The highest BCUT2D eigenvalue weighted by molar-refractivity contribution is 6.30. The van der Waals surface area contributed by atoms with Crippen molar-refractivity contribution >= 4 is 11.6 Å². The Kier molecular flexibility index (Phi) is 5.70. The number of nitrogens with zero attached hydrogens (tertiary/aromatic N) is 1. The molecule has 0 aliphatic heterocycles. The van der Waals surface area contributed by atoms with E-state index in [1.807, 2.05) is 12.1 Å². The molecule has 1 aliphatic carbocycles. The zero-order chi connectivity index (χ0) is 15.5. The Balaban J connectivity index is 2.04. The predicted molar refractivity (Wildman–Crippen MR) is 91.6 cm³/mol. The summed E-state index contributed by atoms with van der Waals surface area (Å²) in [7, 11) is 2.22. The van der Waals surface area contributed by atoms with Gasteiger partial charge in [-0.25, -0.2) is 0 Å². The summed E-state index contributed by atoms with van der Waals surface area (Å²) in [6.07, 6.45) is 5.21. The van der Waals surface area contributed by atoms with Gasteiger partial charge < -0.3 is 5.73 Å². The largest absolute Gasteiger partial charge is 0.330 e. The van der Waals surface area contributed by atoms with Crippen molar-refractivity contribution in [1.29, 1.82) is 0 Å².